The lowest BCUT2D eigenvalue weighted by atomic mass is 9.97. The molecule has 0 aliphatic carbocycles. The number of thioether (sulfide) groups is 1. The van der Waals surface area contributed by atoms with Crippen LogP contribution in [-0.4, -0.2) is 10.2 Å². The molecule has 98 valence electrons. The van der Waals surface area contributed by atoms with Gasteiger partial charge in [-0.05, 0) is 11.1 Å². The molecule has 0 unspecified atom stereocenters. The zero-order valence-corrected chi connectivity index (χ0v) is 12.1. The smallest absolute Gasteiger partial charge is 0.264 e. The van der Waals surface area contributed by atoms with Gasteiger partial charge in [0.15, 0.2) is 0 Å². The van der Waals surface area contributed by atoms with Crippen LogP contribution in [-0.2, 0) is 4.79 Å². The van der Waals surface area contributed by atoms with E-state index in [1.165, 1.54) is 11.8 Å². The molecule has 1 aliphatic rings. The number of hydrogen-bond acceptors (Lipinski definition) is 3. The number of carbonyl (C=O) groups is 1. The summed E-state index contributed by atoms with van der Waals surface area (Å²) in [5, 5.41) is 2.68. The first-order valence-corrected chi connectivity index (χ1v) is 7.36. The molecule has 0 spiro atoms. The largest absolute Gasteiger partial charge is 0.307 e. The third-order valence-electron chi connectivity index (χ3n) is 2.97. The SMILES string of the molecule is O=C1NC(=S)SC1=C(c1ccccc1)c1ccccc1. The van der Waals surface area contributed by atoms with Crippen LogP contribution < -0.4 is 5.32 Å². The predicted molar refractivity (Wildman–Crippen MR) is 87.2 cm³/mol. The summed E-state index contributed by atoms with van der Waals surface area (Å²) in [7, 11) is 0. The summed E-state index contributed by atoms with van der Waals surface area (Å²) in [6.45, 7) is 0. The Morgan fingerprint density at radius 2 is 1.40 bits per heavy atom. The van der Waals surface area contributed by atoms with E-state index < -0.39 is 0 Å². The average Bonchev–Trinajstić information content (AvgIpc) is 2.80. The molecule has 2 aromatic carbocycles. The summed E-state index contributed by atoms with van der Waals surface area (Å²) in [5.74, 6) is -0.122. The zero-order chi connectivity index (χ0) is 13.9. The van der Waals surface area contributed by atoms with E-state index in [0.29, 0.717) is 9.23 Å². The van der Waals surface area contributed by atoms with Crippen LogP contribution in [0.3, 0.4) is 0 Å². The summed E-state index contributed by atoms with van der Waals surface area (Å²) < 4.78 is 0.509. The van der Waals surface area contributed by atoms with Crippen molar-refractivity contribution in [3.05, 3.63) is 76.7 Å². The first kappa shape index (κ1) is 13.1. The highest BCUT2D eigenvalue weighted by Crippen LogP contribution is 2.35. The molecule has 1 saturated heterocycles. The van der Waals surface area contributed by atoms with Gasteiger partial charge in [-0.2, -0.15) is 0 Å². The fraction of sp³-hybridized carbons (Fsp3) is 0. The van der Waals surface area contributed by atoms with Crippen LogP contribution in [0, 0.1) is 0 Å². The Balaban J connectivity index is 2.22. The summed E-state index contributed by atoms with van der Waals surface area (Å²) in [6.07, 6.45) is 0. The average molecular weight is 297 g/mol. The van der Waals surface area contributed by atoms with E-state index in [1.807, 2.05) is 60.7 Å². The molecule has 0 bridgehead atoms. The number of benzene rings is 2. The third-order valence-corrected chi connectivity index (χ3v) is 4.20. The minimum atomic E-state index is -0.122. The molecule has 0 saturated carbocycles. The van der Waals surface area contributed by atoms with Gasteiger partial charge in [-0.1, -0.05) is 84.6 Å². The molecule has 2 nitrogen and oxygen atoms in total. The zero-order valence-electron chi connectivity index (χ0n) is 10.5. The van der Waals surface area contributed by atoms with Gasteiger partial charge in [-0.25, -0.2) is 0 Å². The quantitative estimate of drug-likeness (QED) is 0.678. The molecule has 1 amide bonds. The fourth-order valence-electron chi connectivity index (χ4n) is 2.12. The summed E-state index contributed by atoms with van der Waals surface area (Å²) in [6, 6.07) is 19.8. The predicted octanol–water partition coefficient (Wildman–Crippen LogP) is 3.59. The number of nitrogens with one attached hydrogen (secondary N) is 1. The van der Waals surface area contributed by atoms with E-state index in [2.05, 4.69) is 5.32 Å². The van der Waals surface area contributed by atoms with Crippen LogP contribution in [0.5, 0.6) is 0 Å². The Labute approximate surface area is 126 Å². The molecule has 2 aromatic rings. The van der Waals surface area contributed by atoms with Crippen LogP contribution in [0.2, 0.25) is 0 Å². The van der Waals surface area contributed by atoms with E-state index in [9.17, 15) is 4.79 Å². The summed E-state index contributed by atoms with van der Waals surface area (Å²) in [4.78, 5) is 12.8. The number of hydrogen-bond donors (Lipinski definition) is 1. The van der Waals surface area contributed by atoms with Crippen molar-refractivity contribution in [2.45, 2.75) is 0 Å². The lowest BCUT2D eigenvalue weighted by Gasteiger charge is -2.10. The minimum Gasteiger partial charge on any atom is -0.307 e. The maximum atomic E-state index is 12.1. The van der Waals surface area contributed by atoms with Gasteiger partial charge in [0, 0.05) is 5.57 Å². The molecule has 0 radical (unpaired) electrons. The maximum Gasteiger partial charge on any atom is 0.264 e. The van der Waals surface area contributed by atoms with E-state index in [-0.39, 0.29) is 5.91 Å². The topological polar surface area (TPSA) is 29.1 Å². The molecule has 4 heteroatoms. The van der Waals surface area contributed by atoms with Crippen molar-refractivity contribution in [3.63, 3.8) is 0 Å². The van der Waals surface area contributed by atoms with Crippen molar-refractivity contribution in [1.29, 1.82) is 0 Å². The monoisotopic (exact) mass is 297 g/mol. The van der Waals surface area contributed by atoms with Crippen molar-refractivity contribution < 1.29 is 4.79 Å². The van der Waals surface area contributed by atoms with Gasteiger partial charge in [0.1, 0.15) is 4.32 Å². The molecular weight excluding hydrogens is 286 g/mol. The van der Waals surface area contributed by atoms with Crippen molar-refractivity contribution in [1.82, 2.24) is 5.32 Å². The summed E-state index contributed by atoms with van der Waals surface area (Å²) >= 11 is 6.41. The van der Waals surface area contributed by atoms with Gasteiger partial charge >= 0.3 is 0 Å². The van der Waals surface area contributed by atoms with Crippen LogP contribution in [0.4, 0.5) is 0 Å². The van der Waals surface area contributed by atoms with Gasteiger partial charge in [0.2, 0.25) is 0 Å². The highest BCUT2D eigenvalue weighted by Gasteiger charge is 2.27. The molecule has 1 heterocycles. The minimum absolute atomic E-state index is 0.122. The number of rotatable bonds is 2. The second-order valence-electron chi connectivity index (χ2n) is 4.28. The highest BCUT2D eigenvalue weighted by atomic mass is 32.2. The standard InChI is InChI=1S/C16H11NOS2/c18-15-14(20-16(19)17-15)13(11-7-3-1-4-8-11)12-9-5-2-6-10-12/h1-10H,(H,17,18,19). The second kappa shape index (κ2) is 5.61. The maximum absolute atomic E-state index is 12.1. The molecule has 1 fully saturated rings. The molecule has 1 aliphatic heterocycles. The summed E-state index contributed by atoms with van der Waals surface area (Å²) in [5.41, 5.74) is 2.95. The Bertz CT molecular complexity index is 651. The lowest BCUT2D eigenvalue weighted by Crippen LogP contribution is -2.18. The van der Waals surface area contributed by atoms with Gasteiger partial charge < -0.3 is 5.32 Å². The van der Waals surface area contributed by atoms with Crippen molar-refractivity contribution >= 4 is 39.8 Å². The van der Waals surface area contributed by atoms with Crippen molar-refractivity contribution in [2.75, 3.05) is 0 Å². The third kappa shape index (κ3) is 2.53. The lowest BCUT2D eigenvalue weighted by molar-refractivity contribution is -0.115. The Hall–Kier alpha value is -1.91. The van der Waals surface area contributed by atoms with E-state index in [1.54, 1.807) is 0 Å². The molecule has 0 aromatic heterocycles. The molecule has 1 N–H and O–H groups in total. The van der Waals surface area contributed by atoms with E-state index in [4.69, 9.17) is 12.2 Å². The highest BCUT2D eigenvalue weighted by molar-refractivity contribution is 8.26. The van der Waals surface area contributed by atoms with Crippen molar-refractivity contribution in [2.24, 2.45) is 0 Å². The Kier molecular flexibility index (Phi) is 3.67. The molecule has 3 rings (SSSR count). The normalized spacial score (nSPS) is 14.3. The van der Waals surface area contributed by atoms with Gasteiger partial charge in [-0.15, -0.1) is 0 Å². The first-order valence-electron chi connectivity index (χ1n) is 6.14. The molecular formula is C16H11NOS2. The van der Waals surface area contributed by atoms with Crippen LogP contribution in [0.1, 0.15) is 11.1 Å². The van der Waals surface area contributed by atoms with E-state index >= 15 is 0 Å². The number of thiocarbonyl (C=S) groups is 1. The Morgan fingerprint density at radius 1 is 0.900 bits per heavy atom. The van der Waals surface area contributed by atoms with Gasteiger partial charge in [0.05, 0.1) is 4.91 Å². The Morgan fingerprint density at radius 3 is 1.80 bits per heavy atom. The van der Waals surface area contributed by atoms with Crippen LogP contribution in [0.25, 0.3) is 5.57 Å². The van der Waals surface area contributed by atoms with Crippen LogP contribution >= 0.6 is 24.0 Å². The fourth-order valence-corrected chi connectivity index (χ4v) is 3.27. The molecule has 20 heavy (non-hydrogen) atoms. The van der Waals surface area contributed by atoms with Crippen LogP contribution in [0.15, 0.2) is 65.6 Å². The van der Waals surface area contributed by atoms with E-state index in [0.717, 1.165) is 16.7 Å². The van der Waals surface area contributed by atoms with Gasteiger partial charge in [-0.3, -0.25) is 4.79 Å². The number of amides is 1. The second-order valence-corrected chi connectivity index (χ2v) is 5.97. The van der Waals surface area contributed by atoms with Gasteiger partial charge in [0.25, 0.3) is 5.91 Å². The molecule has 0 atom stereocenters. The number of carbonyl (C=O) groups excluding carboxylic acids is 1. The van der Waals surface area contributed by atoms with Crippen molar-refractivity contribution in [3.8, 4) is 0 Å². The first-order chi connectivity index (χ1) is 9.75.